The van der Waals surface area contributed by atoms with Gasteiger partial charge in [0.2, 0.25) is 0 Å². The molecule has 2 aromatic heterocycles. The van der Waals surface area contributed by atoms with Crippen molar-refractivity contribution < 1.29 is 0 Å². The molecule has 174 valence electrons. The summed E-state index contributed by atoms with van der Waals surface area (Å²) in [7, 11) is 0. The third-order valence-corrected chi connectivity index (χ3v) is 6.45. The lowest BCUT2D eigenvalue weighted by atomic mass is 10.1. The van der Waals surface area contributed by atoms with Gasteiger partial charge in [0.15, 0.2) is 5.96 Å². The number of imidazole rings is 1. The fourth-order valence-electron chi connectivity index (χ4n) is 3.51. The fraction of sp³-hybridized carbons (Fsp3) is 0.320. The van der Waals surface area contributed by atoms with Gasteiger partial charge in [0.05, 0.1) is 28.9 Å². The number of benzene rings is 2. The summed E-state index contributed by atoms with van der Waals surface area (Å²) in [5.74, 6) is 0.841. The van der Waals surface area contributed by atoms with Gasteiger partial charge in [-0.05, 0) is 36.6 Å². The lowest BCUT2D eigenvalue weighted by Crippen LogP contribution is -2.38. The molecule has 0 unspecified atom stereocenters. The molecule has 0 amide bonds. The minimum atomic E-state index is 0. The molecule has 0 radical (unpaired) electrons. The van der Waals surface area contributed by atoms with Gasteiger partial charge >= 0.3 is 0 Å². The SMILES string of the molecule is CCNC(=NCc1ccc(Cn2cnc3ccccc32)cc1)NCCc1ncc(CC)s1.I. The first kappa shape index (κ1) is 25.2. The average molecular weight is 575 g/mol. The molecule has 0 aliphatic rings. The highest BCUT2D eigenvalue weighted by atomic mass is 127. The Bertz CT molecular complexity index is 1170. The highest BCUT2D eigenvalue weighted by Gasteiger charge is 2.04. The molecule has 0 saturated carbocycles. The van der Waals surface area contributed by atoms with E-state index in [1.165, 1.54) is 21.0 Å². The number of rotatable bonds is 9. The van der Waals surface area contributed by atoms with Crippen LogP contribution in [0.15, 0.2) is 66.0 Å². The van der Waals surface area contributed by atoms with Crippen molar-refractivity contribution >= 4 is 52.3 Å². The molecule has 0 bridgehead atoms. The van der Waals surface area contributed by atoms with Crippen LogP contribution in [-0.2, 0) is 25.9 Å². The van der Waals surface area contributed by atoms with Crippen LogP contribution < -0.4 is 10.6 Å². The lowest BCUT2D eigenvalue weighted by Gasteiger charge is -2.11. The molecule has 2 heterocycles. The summed E-state index contributed by atoms with van der Waals surface area (Å²) in [5.41, 5.74) is 4.63. The summed E-state index contributed by atoms with van der Waals surface area (Å²) in [5, 5.41) is 7.92. The number of hydrogen-bond donors (Lipinski definition) is 2. The zero-order valence-electron chi connectivity index (χ0n) is 19.1. The fourth-order valence-corrected chi connectivity index (χ4v) is 4.37. The van der Waals surface area contributed by atoms with Gasteiger partial charge < -0.3 is 15.2 Å². The molecule has 0 aliphatic heterocycles. The maximum absolute atomic E-state index is 4.74. The molecule has 2 aromatic carbocycles. The minimum Gasteiger partial charge on any atom is -0.357 e. The zero-order valence-corrected chi connectivity index (χ0v) is 22.3. The van der Waals surface area contributed by atoms with Crippen LogP contribution in [0.3, 0.4) is 0 Å². The summed E-state index contributed by atoms with van der Waals surface area (Å²) in [6, 6.07) is 16.9. The van der Waals surface area contributed by atoms with Gasteiger partial charge in [-0.25, -0.2) is 15.0 Å². The van der Waals surface area contributed by atoms with E-state index < -0.39 is 0 Å². The van der Waals surface area contributed by atoms with Gasteiger partial charge in [-0.15, -0.1) is 35.3 Å². The standard InChI is InChI=1S/C25H30N6S.HI/c1-3-21-16-28-24(32-21)13-14-27-25(26-4-2)29-15-19-9-11-20(12-10-19)17-31-18-30-22-7-5-6-8-23(22)31;/h5-12,16,18H,3-4,13-15,17H2,1-2H3,(H2,26,27,29);1H. The number of guanidine groups is 1. The highest BCUT2D eigenvalue weighted by Crippen LogP contribution is 2.15. The monoisotopic (exact) mass is 574 g/mol. The largest absolute Gasteiger partial charge is 0.357 e. The van der Waals surface area contributed by atoms with E-state index in [-0.39, 0.29) is 24.0 Å². The summed E-state index contributed by atoms with van der Waals surface area (Å²) in [6.45, 7) is 7.35. The van der Waals surface area contributed by atoms with Gasteiger partial charge in [0.1, 0.15) is 0 Å². The number of aliphatic imine (C=N–C) groups is 1. The molecule has 0 spiro atoms. The summed E-state index contributed by atoms with van der Waals surface area (Å²) in [6.07, 6.45) is 5.85. The van der Waals surface area contributed by atoms with Crippen molar-refractivity contribution in [2.24, 2.45) is 4.99 Å². The van der Waals surface area contributed by atoms with Crippen molar-refractivity contribution in [1.29, 1.82) is 0 Å². The normalized spacial score (nSPS) is 11.4. The van der Waals surface area contributed by atoms with Gasteiger partial charge in [-0.3, -0.25) is 0 Å². The Hall–Kier alpha value is -2.46. The second kappa shape index (κ2) is 12.7. The molecule has 0 atom stereocenters. The van der Waals surface area contributed by atoms with Crippen molar-refractivity contribution in [3.8, 4) is 0 Å². The number of para-hydroxylation sites is 2. The topological polar surface area (TPSA) is 67.1 Å². The smallest absolute Gasteiger partial charge is 0.191 e. The van der Waals surface area contributed by atoms with Crippen LogP contribution in [0.5, 0.6) is 0 Å². The van der Waals surface area contributed by atoms with Gasteiger partial charge in [0.25, 0.3) is 0 Å². The molecular formula is C25H31IN6S. The Balaban J connectivity index is 0.00000306. The number of hydrogen-bond acceptors (Lipinski definition) is 4. The first-order chi connectivity index (χ1) is 15.7. The molecule has 6 nitrogen and oxygen atoms in total. The highest BCUT2D eigenvalue weighted by molar-refractivity contribution is 14.0. The van der Waals surface area contributed by atoms with Crippen LogP contribution in [-0.4, -0.2) is 33.6 Å². The Morgan fingerprint density at radius 2 is 1.79 bits per heavy atom. The predicted molar refractivity (Wildman–Crippen MR) is 149 cm³/mol. The number of aryl methyl sites for hydroxylation is 1. The van der Waals surface area contributed by atoms with Crippen LogP contribution >= 0.6 is 35.3 Å². The Morgan fingerprint density at radius 1 is 1.00 bits per heavy atom. The molecule has 33 heavy (non-hydrogen) atoms. The van der Waals surface area contributed by atoms with Crippen LogP contribution in [0.2, 0.25) is 0 Å². The number of nitrogens with zero attached hydrogens (tertiary/aromatic N) is 4. The van der Waals surface area contributed by atoms with Gasteiger partial charge in [0, 0.05) is 37.1 Å². The number of thiazole rings is 1. The first-order valence-electron chi connectivity index (χ1n) is 11.2. The molecule has 2 N–H and O–H groups in total. The zero-order chi connectivity index (χ0) is 22.2. The van der Waals surface area contributed by atoms with E-state index >= 15 is 0 Å². The number of aromatic nitrogens is 3. The molecule has 4 aromatic rings. The third kappa shape index (κ3) is 7.01. The van der Waals surface area contributed by atoms with E-state index in [4.69, 9.17) is 4.99 Å². The number of nitrogens with one attached hydrogen (secondary N) is 2. The average Bonchev–Trinajstić information content (AvgIpc) is 3.45. The molecule has 8 heteroatoms. The van der Waals surface area contributed by atoms with Crippen LogP contribution in [0.1, 0.15) is 34.9 Å². The van der Waals surface area contributed by atoms with E-state index in [1.54, 1.807) is 11.3 Å². The van der Waals surface area contributed by atoms with Crippen LogP contribution in [0.4, 0.5) is 0 Å². The predicted octanol–water partition coefficient (Wildman–Crippen LogP) is 5.02. The Kier molecular flexibility index (Phi) is 9.68. The molecule has 0 aliphatic carbocycles. The van der Waals surface area contributed by atoms with Gasteiger partial charge in [-0.1, -0.05) is 43.3 Å². The van der Waals surface area contributed by atoms with E-state index in [1.807, 2.05) is 24.7 Å². The van der Waals surface area contributed by atoms with E-state index in [9.17, 15) is 0 Å². The van der Waals surface area contributed by atoms with Crippen molar-refractivity contribution in [2.45, 2.75) is 39.8 Å². The molecule has 4 rings (SSSR count). The molecule has 0 fully saturated rings. The number of fused-ring (bicyclic) bond motifs is 1. The van der Waals surface area contributed by atoms with Crippen molar-refractivity contribution in [1.82, 2.24) is 25.2 Å². The van der Waals surface area contributed by atoms with Crippen LogP contribution in [0, 0.1) is 0 Å². The summed E-state index contributed by atoms with van der Waals surface area (Å²) in [4.78, 5) is 15.0. The molecular weight excluding hydrogens is 543 g/mol. The summed E-state index contributed by atoms with van der Waals surface area (Å²) < 4.78 is 2.18. The molecule has 0 saturated heterocycles. The van der Waals surface area contributed by atoms with E-state index in [0.29, 0.717) is 6.54 Å². The maximum atomic E-state index is 4.74. The number of halogens is 1. The quantitative estimate of drug-likeness (QED) is 0.168. The van der Waals surface area contributed by atoms with Crippen molar-refractivity contribution in [3.63, 3.8) is 0 Å². The summed E-state index contributed by atoms with van der Waals surface area (Å²) >= 11 is 1.79. The minimum absolute atomic E-state index is 0. The third-order valence-electron chi connectivity index (χ3n) is 5.25. The van der Waals surface area contributed by atoms with Gasteiger partial charge in [-0.2, -0.15) is 0 Å². The Morgan fingerprint density at radius 3 is 2.55 bits per heavy atom. The Labute approximate surface area is 216 Å². The van der Waals surface area contributed by atoms with Crippen LogP contribution in [0.25, 0.3) is 11.0 Å². The maximum Gasteiger partial charge on any atom is 0.191 e. The van der Waals surface area contributed by atoms with Crippen molar-refractivity contribution in [3.05, 3.63) is 82.1 Å². The van der Waals surface area contributed by atoms with Crippen molar-refractivity contribution in [2.75, 3.05) is 13.1 Å². The second-order valence-corrected chi connectivity index (χ2v) is 8.82. The lowest BCUT2D eigenvalue weighted by molar-refractivity contribution is 0.796. The van der Waals surface area contributed by atoms with E-state index in [2.05, 4.69) is 75.4 Å². The van der Waals surface area contributed by atoms with E-state index in [0.717, 1.165) is 49.5 Å². The second-order valence-electron chi connectivity index (χ2n) is 7.62. The first-order valence-corrected chi connectivity index (χ1v) is 12.0.